The van der Waals surface area contributed by atoms with Crippen LogP contribution < -0.4 is 15.4 Å². The number of carbonyl (C=O) groups is 3. The molecule has 2 amide bonds. The quantitative estimate of drug-likeness (QED) is 0.628. The summed E-state index contributed by atoms with van der Waals surface area (Å²) in [6.45, 7) is 3.72. The molecule has 8 heteroatoms. The number of ether oxygens (including phenoxy) is 1. The molecule has 0 aliphatic heterocycles. The van der Waals surface area contributed by atoms with Crippen molar-refractivity contribution in [2.45, 2.75) is 39.5 Å². The van der Waals surface area contributed by atoms with Gasteiger partial charge < -0.3 is 20.5 Å². The summed E-state index contributed by atoms with van der Waals surface area (Å²) in [4.78, 5) is 38.5. The van der Waals surface area contributed by atoms with Crippen LogP contribution in [0.1, 0.15) is 46.5 Å². The molecule has 0 spiro atoms. The minimum absolute atomic E-state index is 0.338. The summed E-state index contributed by atoms with van der Waals surface area (Å²) < 4.78 is 5.29. The standard InChI is InChI=1S/C22H26N2O5S/c1-12-13(2)30-21(24-19(25)14-8-4-5-9-15(14)22(27)28)18(12)20(26)23-16-10-6-7-11-17(16)29-3/h6-7,10-11,14-15H,4-5,8-9H2,1-3H3,(H,23,26)(H,24,25)(H,27,28)/t14-,15-/m1/s1. The molecule has 3 rings (SSSR count). The van der Waals surface area contributed by atoms with Gasteiger partial charge in [0.25, 0.3) is 5.91 Å². The number of methoxy groups -OCH3 is 1. The topological polar surface area (TPSA) is 105 Å². The van der Waals surface area contributed by atoms with Gasteiger partial charge in [-0.15, -0.1) is 11.3 Å². The molecule has 30 heavy (non-hydrogen) atoms. The number of aliphatic carboxylic acids is 1. The van der Waals surface area contributed by atoms with Gasteiger partial charge in [-0.2, -0.15) is 0 Å². The lowest BCUT2D eigenvalue weighted by Gasteiger charge is -2.27. The van der Waals surface area contributed by atoms with Crippen molar-refractivity contribution >= 4 is 39.8 Å². The summed E-state index contributed by atoms with van der Waals surface area (Å²) >= 11 is 1.32. The third-order valence-electron chi connectivity index (χ3n) is 5.62. The highest BCUT2D eigenvalue weighted by molar-refractivity contribution is 7.16. The molecule has 1 aromatic heterocycles. The number of anilines is 2. The second-order valence-corrected chi connectivity index (χ2v) is 8.69. The van der Waals surface area contributed by atoms with Gasteiger partial charge in [0, 0.05) is 4.88 Å². The zero-order chi connectivity index (χ0) is 21.8. The molecule has 7 nitrogen and oxygen atoms in total. The van der Waals surface area contributed by atoms with Gasteiger partial charge in [0.2, 0.25) is 5.91 Å². The second kappa shape index (κ2) is 9.30. The maximum atomic E-state index is 13.1. The van der Waals surface area contributed by atoms with E-state index in [4.69, 9.17) is 4.74 Å². The molecule has 1 aliphatic carbocycles. The fourth-order valence-electron chi connectivity index (χ4n) is 3.87. The van der Waals surface area contributed by atoms with Gasteiger partial charge in [0.15, 0.2) is 0 Å². The van der Waals surface area contributed by atoms with E-state index in [9.17, 15) is 19.5 Å². The third-order valence-corrected chi connectivity index (χ3v) is 6.75. The van der Waals surface area contributed by atoms with E-state index in [1.54, 1.807) is 18.2 Å². The van der Waals surface area contributed by atoms with Crippen molar-refractivity contribution in [3.05, 3.63) is 40.3 Å². The summed E-state index contributed by atoms with van der Waals surface area (Å²) in [5.74, 6) is -2.38. The Kier molecular flexibility index (Phi) is 6.77. The van der Waals surface area contributed by atoms with Crippen LogP contribution in [0.2, 0.25) is 0 Å². The molecule has 2 aromatic rings. The number of nitrogens with one attached hydrogen (secondary N) is 2. The van der Waals surface area contributed by atoms with Crippen molar-refractivity contribution in [3.8, 4) is 5.75 Å². The van der Waals surface area contributed by atoms with Gasteiger partial charge in [-0.1, -0.05) is 25.0 Å². The SMILES string of the molecule is COc1ccccc1NC(=O)c1c(NC(=O)[C@@H]2CCCC[C@H]2C(=O)O)sc(C)c1C. The molecule has 160 valence electrons. The van der Waals surface area contributed by atoms with E-state index in [0.717, 1.165) is 23.3 Å². The summed E-state index contributed by atoms with van der Waals surface area (Å²) in [5, 5.41) is 15.6. The Morgan fingerprint density at radius 3 is 2.40 bits per heavy atom. The Labute approximate surface area is 179 Å². The first-order valence-electron chi connectivity index (χ1n) is 9.91. The molecule has 0 unspecified atom stereocenters. The highest BCUT2D eigenvalue weighted by Crippen LogP contribution is 2.36. The lowest BCUT2D eigenvalue weighted by Crippen LogP contribution is -2.36. The van der Waals surface area contributed by atoms with Gasteiger partial charge >= 0.3 is 5.97 Å². The normalized spacial score (nSPS) is 18.5. The number of aryl methyl sites for hydroxylation is 1. The maximum absolute atomic E-state index is 13.1. The molecule has 1 saturated carbocycles. The van der Waals surface area contributed by atoms with E-state index < -0.39 is 17.8 Å². The van der Waals surface area contributed by atoms with Crippen molar-refractivity contribution < 1.29 is 24.2 Å². The molecule has 1 aliphatic rings. The summed E-state index contributed by atoms with van der Waals surface area (Å²) in [6.07, 6.45) is 2.67. The van der Waals surface area contributed by atoms with Gasteiger partial charge in [-0.25, -0.2) is 0 Å². The fourth-order valence-corrected chi connectivity index (χ4v) is 4.93. The number of carbonyl (C=O) groups excluding carboxylic acids is 2. The number of hydrogen-bond donors (Lipinski definition) is 3. The number of rotatable bonds is 6. The van der Waals surface area contributed by atoms with E-state index >= 15 is 0 Å². The van der Waals surface area contributed by atoms with E-state index in [2.05, 4.69) is 10.6 Å². The first-order chi connectivity index (χ1) is 14.3. The van der Waals surface area contributed by atoms with Crippen LogP contribution in [-0.4, -0.2) is 30.0 Å². The Bertz CT molecular complexity index is 968. The molecule has 0 radical (unpaired) electrons. The monoisotopic (exact) mass is 430 g/mol. The van der Waals surface area contributed by atoms with Crippen LogP contribution in [-0.2, 0) is 9.59 Å². The Balaban J connectivity index is 1.85. The fraction of sp³-hybridized carbons (Fsp3) is 0.409. The first kappa shape index (κ1) is 21.8. The van der Waals surface area contributed by atoms with Crippen LogP contribution in [0, 0.1) is 25.7 Å². The molecule has 1 aromatic carbocycles. The summed E-state index contributed by atoms with van der Waals surface area (Å²) in [6, 6.07) is 7.09. The number of thiophene rings is 1. The van der Waals surface area contributed by atoms with E-state index in [1.165, 1.54) is 18.4 Å². The molecule has 1 fully saturated rings. The average molecular weight is 431 g/mol. The number of para-hydroxylation sites is 2. The smallest absolute Gasteiger partial charge is 0.307 e. The lowest BCUT2D eigenvalue weighted by molar-refractivity contribution is -0.147. The van der Waals surface area contributed by atoms with Crippen molar-refractivity contribution in [3.63, 3.8) is 0 Å². The molecule has 2 atom stereocenters. The Morgan fingerprint density at radius 2 is 1.73 bits per heavy atom. The van der Waals surface area contributed by atoms with Crippen LogP contribution in [0.4, 0.5) is 10.7 Å². The van der Waals surface area contributed by atoms with Gasteiger partial charge in [-0.05, 0) is 44.4 Å². The zero-order valence-corrected chi connectivity index (χ0v) is 18.1. The minimum atomic E-state index is -0.942. The number of benzene rings is 1. The predicted octanol–water partition coefficient (Wildman–Crippen LogP) is 4.46. The van der Waals surface area contributed by atoms with E-state index in [-0.39, 0.29) is 11.8 Å². The first-order valence-corrected chi connectivity index (χ1v) is 10.7. The minimum Gasteiger partial charge on any atom is -0.495 e. The molecular weight excluding hydrogens is 404 g/mol. The lowest BCUT2D eigenvalue weighted by atomic mass is 9.79. The van der Waals surface area contributed by atoms with Crippen LogP contribution in [0.25, 0.3) is 0 Å². The largest absolute Gasteiger partial charge is 0.495 e. The average Bonchev–Trinajstić information content (AvgIpc) is 3.01. The van der Waals surface area contributed by atoms with Gasteiger partial charge in [0.1, 0.15) is 10.8 Å². The highest BCUT2D eigenvalue weighted by Gasteiger charge is 2.36. The number of amides is 2. The van der Waals surface area contributed by atoms with Crippen molar-refractivity contribution in [1.29, 1.82) is 0 Å². The zero-order valence-electron chi connectivity index (χ0n) is 17.3. The highest BCUT2D eigenvalue weighted by atomic mass is 32.1. The summed E-state index contributed by atoms with van der Waals surface area (Å²) in [7, 11) is 1.53. The third kappa shape index (κ3) is 4.48. The summed E-state index contributed by atoms with van der Waals surface area (Å²) in [5.41, 5.74) is 1.70. The number of hydrogen-bond acceptors (Lipinski definition) is 5. The predicted molar refractivity (Wildman–Crippen MR) is 116 cm³/mol. The van der Waals surface area contributed by atoms with E-state index in [1.807, 2.05) is 19.9 Å². The number of carboxylic acids is 1. The van der Waals surface area contributed by atoms with Crippen molar-refractivity contribution in [2.24, 2.45) is 11.8 Å². The van der Waals surface area contributed by atoms with Crippen LogP contribution in [0.15, 0.2) is 24.3 Å². The Hall–Kier alpha value is -2.87. The second-order valence-electron chi connectivity index (χ2n) is 7.47. The van der Waals surface area contributed by atoms with Crippen molar-refractivity contribution in [2.75, 3.05) is 17.7 Å². The van der Waals surface area contributed by atoms with Crippen LogP contribution >= 0.6 is 11.3 Å². The molecular formula is C22H26N2O5S. The number of carboxylic acid groups (broad SMARTS) is 1. The molecule has 3 N–H and O–H groups in total. The maximum Gasteiger partial charge on any atom is 0.307 e. The van der Waals surface area contributed by atoms with Crippen LogP contribution in [0.3, 0.4) is 0 Å². The van der Waals surface area contributed by atoms with Crippen molar-refractivity contribution in [1.82, 2.24) is 0 Å². The molecule has 0 saturated heterocycles. The molecule has 1 heterocycles. The van der Waals surface area contributed by atoms with E-state index in [0.29, 0.717) is 34.8 Å². The molecule has 0 bridgehead atoms. The van der Waals surface area contributed by atoms with Gasteiger partial charge in [-0.3, -0.25) is 14.4 Å². The van der Waals surface area contributed by atoms with Gasteiger partial charge in [0.05, 0.1) is 30.2 Å². The van der Waals surface area contributed by atoms with Crippen LogP contribution in [0.5, 0.6) is 5.75 Å². The Morgan fingerprint density at radius 1 is 1.07 bits per heavy atom.